The quantitative estimate of drug-likeness (QED) is 0.428. The highest BCUT2D eigenvalue weighted by molar-refractivity contribution is 6.26. The third-order valence-electron chi connectivity index (χ3n) is 7.54. The van der Waals surface area contributed by atoms with Crippen LogP contribution in [0.5, 0.6) is 0 Å². The zero-order chi connectivity index (χ0) is 26.8. The molecular weight excluding hydrogens is 474 g/mol. The number of piperazine rings is 1. The van der Waals surface area contributed by atoms with Gasteiger partial charge in [-0.3, -0.25) is 19.4 Å². The van der Waals surface area contributed by atoms with Crippen molar-refractivity contribution in [2.45, 2.75) is 0 Å². The van der Waals surface area contributed by atoms with E-state index < -0.39 is 0 Å². The van der Waals surface area contributed by atoms with Crippen LogP contribution in [0.3, 0.4) is 0 Å². The number of amides is 2. The van der Waals surface area contributed by atoms with Crippen LogP contribution in [0.4, 0.5) is 11.4 Å². The molecule has 3 aromatic carbocycles. The van der Waals surface area contributed by atoms with E-state index in [1.807, 2.05) is 43.3 Å². The van der Waals surface area contributed by atoms with E-state index in [-0.39, 0.29) is 11.8 Å². The molecule has 0 aromatic heterocycles. The molecule has 0 spiro atoms. The summed E-state index contributed by atoms with van der Waals surface area (Å²) in [5.41, 5.74) is 4.76. The molecule has 3 aromatic rings. The van der Waals surface area contributed by atoms with Crippen molar-refractivity contribution in [1.29, 1.82) is 0 Å². The summed E-state index contributed by atoms with van der Waals surface area (Å²) in [6, 6.07) is 18.4. The number of hydrogen-bond donors (Lipinski definition) is 0. The molecule has 5 rings (SSSR count). The first-order chi connectivity index (χ1) is 18.3. The van der Waals surface area contributed by atoms with Gasteiger partial charge in [-0.15, -0.1) is 0 Å². The molecule has 198 valence electrons. The van der Waals surface area contributed by atoms with Crippen molar-refractivity contribution in [3.05, 3.63) is 77.4 Å². The molecule has 1 saturated heterocycles. The summed E-state index contributed by atoms with van der Waals surface area (Å²) in [6.45, 7) is 5.68. The second-order valence-electron chi connectivity index (χ2n) is 10.6. The molecule has 0 radical (unpaired) electrons. The Morgan fingerprint density at radius 2 is 1.50 bits per heavy atom. The van der Waals surface area contributed by atoms with Crippen molar-refractivity contribution >= 4 is 40.0 Å². The normalized spacial score (nSPS) is 16.3. The van der Waals surface area contributed by atoms with E-state index in [9.17, 15) is 9.59 Å². The van der Waals surface area contributed by atoms with Gasteiger partial charge in [0.1, 0.15) is 0 Å². The van der Waals surface area contributed by atoms with Gasteiger partial charge in [0.25, 0.3) is 11.8 Å². The Morgan fingerprint density at radius 1 is 0.816 bits per heavy atom. The van der Waals surface area contributed by atoms with Crippen LogP contribution >= 0.6 is 0 Å². The minimum Gasteiger partial charge on any atom is -0.378 e. The summed E-state index contributed by atoms with van der Waals surface area (Å²) in [7, 11) is 7.99. The fourth-order valence-electron chi connectivity index (χ4n) is 5.30. The predicted molar refractivity (Wildman–Crippen MR) is 156 cm³/mol. The van der Waals surface area contributed by atoms with E-state index in [0.717, 1.165) is 49.2 Å². The molecule has 0 N–H and O–H groups in total. The Hall–Kier alpha value is -3.68. The van der Waals surface area contributed by atoms with Crippen LogP contribution in [0.25, 0.3) is 16.8 Å². The van der Waals surface area contributed by atoms with Crippen molar-refractivity contribution in [1.82, 2.24) is 14.7 Å². The SMILES string of the molecule is CN(C)CCN1C(=O)c2cccc3c(N4CCN(C/C=C/c5ccc(N(C)C)cc5)CC4)ccc(c23)C1=O. The van der Waals surface area contributed by atoms with Gasteiger partial charge in [-0.25, -0.2) is 0 Å². The molecule has 0 saturated carbocycles. The molecule has 38 heavy (non-hydrogen) atoms. The number of anilines is 2. The maximum atomic E-state index is 13.3. The number of rotatable bonds is 8. The summed E-state index contributed by atoms with van der Waals surface area (Å²) in [4.78, 5) is 36.9. The van der Waals surface area contributed by atoms with Gasteiger partial charge >= 0.3 is 0 Å². The molecule has 0 atom stereocenters. The van der Waals surface area contributed by atoms with Gasteiger partial charge in [-0.05, 0) is 50.0 Å². The highest BCUT2D eigenvalue weighted by atomic mass is 16.2. The molecule has 7 heteroatoms. The maximum absolute atomic E-state index is 13.3. The first kappa shape index (κ1) is 25.9. The lowest BCUT2D eigenvalue weighted by atomic mass is 9.92. The minimum atomic E-state index is -0.194. The van der Waals surface area contributed by atoms with Gasteiger partial charge in [-0.2, -0.15) is 0 Å². The second-order valence-corrected chi connectivity index (χ2v) is 10.6. The van der Waals surface area contributed by atoms with Gasteiger partial charge in [-0.1, -0.05) is 36.4 Å². The highest BCUT2D eigenvalue weighted by Gasteiger charge is 2.33. The lowest BCUT2D eigenvalue weighted by Crippen LogP contribution is -2.46. The second kappa shape index (κ2) is 11.0. The van der Waals surface area contributed by atoms with Crippen LogP contribution in [0.1, 0.15) is 26.3 Å². The molecular formula is C31H37N5O2. The van der Waals surface area contributed by atoms with Crippen LogP contribution in [-0.4, -0.2) is 101 Å². The standard InChI is InChI=1S/C31H37N5O2/c1-32(2)17-22-36-30(37)26-9-5-8-25-28(15-14-27(29(25)26)31(36)38)35-20-18-34(19-21-35)16-6-7-23-10-12-24(13-11-23)33(3)4/h5-15H,16-22H2,1-4H3/b7-6+. The lowest BCUT2D eigenvalue weighted by molar-refractivity contribution is 0.0601. The Bertz CT molecular complexity index is 1330. The van der Waals surface area contributed by atoms with Gasteiger partial charge < -0.3 is 14.7 Å². The van der Waals surface area contributed by atoms with Crippen molar-refractivity contribution in [3.8, 4) is 0 Å². The predicted octanol–water partition coefficient (Wildman–Crippen LogP) is 3.90. The first-order valence-electron chi connectivity index (χ1n) is 13.3. The highest BCUT2D eigenvalue weighted by Crippen LogP contribution is 2.36. The third kappa shape index (κ3) is 5.17. The van der Waals surface area contributed by atoms with E-state index in [0.29, 0.717) is 24.2 Å². The molecule has 0 bridgehead atoms. The summed E-state index contributed by atoms with van der Waals surface area (Å²) in [6.07, 6.45) is 4.43. The van der Waals surface area contributed by atoms with Crippen LogP contribution in [0.15, 0.2) is 60.7 Å². The smallest absolute Gasteiger partial charge is 0.261 e. The molecule has 2 aliphatic rings. The molecule has 7 nitrogen and oxygen atoms in total. The van der Waals surface area contributed by atoms with E-state index in [4.69, 9.17) is 0 Å². The van der Waals surface area contributed by atoms with Gasteiger partial charge in [0.2, 0.25) is 0 Å². The zero-order valence-corrected chi connectivity index (χ0v) is 22.9. The fourth-order valence-corrected chi connectivity index (χ4v) is 5.30. The topological polar surface area (TPSA) is 50.3 Å². The Kier molecular flexibility index (Phi) is 7.49. The number of nitrogens with zero attached hydrogens (tertiary/aromatic N) is 5. The summed E-state index contributed by atoms with van der Waals surface area (Å²) in [5, 5.41) is 1.79. The summed E-state index contributed by atoms with van der Waals surface area (Å²) < 4.78 is 0. The molecule has 2 heterocycles. The fraction of sp³-hybridized carbons (Fsp3) is 0.355. The van der Waals surface area contributed by atoms with Gasteiger partial charge in [0, 0.05) is 93.2 Å². The first-order valence-corrected chi connectivity index (χ1v) is 13.3. The van der Waals surface area contributed by atoms with Crippen molar-refractivity contribution in [3.63, 3.8) is 0 Å². The van der Waals surface area contributed by atoms with Crippen molar-refractivity contribution in [2.75, 3.05) is 83.8 Å². The average molecular weight is 512 g/mol. The third-order valence-corrected chi connectivity index (χ3v) is 7.54. The number of likely N-dealkylation sites (N-methyl/N-ethyl adjacent to an activating group) is 1. The zero-order valence-electron chi connectivity index (χ0n) is 22.9. The molecule has 1 fully saturated rings. The van der Waals surface area contributed by atoms with E-state index in [2.05, 4.69) is 71.3 Å². The van der Waals surface area contributed by atoms with Crippen molar-refractivity contribution in [2.24, 2.45) is 0 Å². The number of hydrogen-bond acceptors (Lipinski definition) is 6. The minimum absolute atomic E-state index is 0.194. The number of benzene rings is 3. The molecule has 2 amide bonds. The van der Waals surface area contributed by atoms with Crippen LogP contribution in [-0.2, 0) is 0 Å². The lowest BCUT2D eigenvalue weighted by Gasteiger charge is -2.37. The monoisotopic (exact) mass is 511 g/mol. The number of carbonyl (C=O) groups is 2. The van der Waals surface area contributed by atoms with Crippen LogP contribution in [0.2, 0.25) is 0 Å². The Balaban J connectivity index is 1.27. The molecule has 0 unspecified atom stereocenters. The summed E-state index contributed by atoms with van der Waals surface area (Å²) in [5.74, 6) is -0.389. The summed E-state index contributed by atoms with van der Waals surface area (Å²) >= 11 is 0. The number of imide groups is 1. The maximum Gasteiger partial charge on any atom is 0.261 e. The van der Waals surface area contributed by atoms with E-state index in [1.165, 1.54) is 16.2 Å². The largest absolute Gasteiger partial charge is 0.378 e. The van der Waals surface area contributed by atoms with Crippen molar-refractivity contribution < 1.29 is 9.59 Å². The Morgan fingerprint density at radius 3 is 2.16 bits per heavy atom. The Labute approximate surface area is 225 Å². The van der Waals surface area contributed by atoms with E-state index >= 15 is 0 Å². The number of carbonyl (C=O) groups excluding carboxylic acids is 2. The van der Waals surface area contributed by atoms with Gasteiger partial charge in [0.05, 0.1) is 0 Å². The van der Waals surface area contributed by atoms with E-state index in [1.54, 1.807) is 0 Å². The van der Waals surface area contributed by atoms with Gasteiger partial charge in [0.15, 0.2) is 0 Å². The molecule has 0 aliphatic carbocycles. The van der Waals surface area contributed by atoms with Crippen LogP contribution < -0.4 is 9.80 Å². The van der Waals surface area contributed by atoms with Crippen LogP contribution in [0, 0.1) is 0 Å². The molecule has 2 aliphatic heterocycles. The average Bonchev–Trinajstić information content (AvgIpc) is 2.92.